The van der Waals surface area contributed by atoms with Crippen LogP contribution in [0.25, 0.3) is 0 Å². The number of carbonyl (C=O) groups is 2. The molecule has 0 unspecified atom stereocenters. The van der Waals surface area contributed by atoms with E-state index in [0.717, 1.165) is 6.07 Å². The molecule has 156 valence electrons. The standard InChI is InChI=1S/C18H21BrF4N2O3/c1-10-9-24(7-8-25(10)16(27)28-17(2,3)4)15(26)13-12(19)6-5-11(14(13)20)18(21,22)23/h5-6,10H,7-9H2,1-4H3/t10-/m0/s1. The van der Waals surface area contributed by atoms with Gasteiger partial charge in [0.15, 0.2) is 0 Å². The Kier molecular flexibility index (Phi) is 6.32. The van der Waals surface area contributed by atoms with Gasteiger partial charge in [-0.15, -0.1) is 0 Å². The molecule has 0 radical (unpaired) electrons. The molecule has 0 bridgehead atoms. The third-order valence-electron chi connectivity index (χ3n) is 4.15. The fourth-order valence-electron chi connectivity index (χ4n) is 2.86. The number of rotatable bonds is 1. The van der Waals surface area contributed by atoms with Crippen LogP contribution in [0.4, 0.5) is 22.4 Å². The Morgan fingerprint density at radius 3 is 2.29 bits per heavy atom. The molecule has 0 N–H and O–H groups in total. The van der Waals surface area contributed by atoms with Gasteiger partial charge in [0.2, 0.25) is 0 Å². The first-order valence-electron chi connectivity index (χ1n) is 8.56. The van der Waals surface area contributed by atoms with Crippen LogP contribution in [0.5, 0.6) is 0 Å². The molecule has 1 aromatic rings. The number of hydrogen-bond donors (Lipinski definition) is 0. The number of carbonyl (C=O) groups excluding carboxylic acids is 2. The van der Waals surface area contributed by atoms with Crippen molar-refractivity contribution in [3.63, 3.8) is 0 Å². The van der Waals surface area contributed by atoms with Gasteiger partial charge in [-0.05, 0) is 55.8 Å². The second-order valence-electron chi connectivity index (χ2n) is 7.56. The molecule has 2 amide bonds. The van der Waals surface area contributed by atoms with Gasteiger partial charge in [-0.2, -0.15) is 13.2 Å². The Morgan fingerprint density at radius 2 is 1.79 bits per heavy atom. The molecule has 2 rings (SSSR count). The summed E-state index contributed by atoms with van der Waals surface area (Å²) in [6.45, 7) is 7.07. The highest BCUT2D eigenvalue weighted by molar-refractivity contribution is 9.10. The van der Waals surface area contributed by atoms with E-state index in [2.05, 4.69) is 15.9 Å². The molecule has 5 nitrogen and oxygen atoms in total. The van der Waals surface area contributed by atoms with Crippen LogP contribution < -0.4 is 0 Å². The second-order valence-corrected chi connectivity index (χ2v) is 8.41. The molecule has 0 spiro atoms. The van der Waals surface area contributed by atoms with Crippen LogP contribution in [0.1, 0.15) is 43.6 Å². The normalized spacial score (nSPS) is 18.2. The third-order valence-corrected chi connectivity index (χ3v) is 4.81. The largest absolute Gasteiger partial charge is 0.444 e. The van der Waals surface area contributed by atoms with Crippen LogP contribution in [0.15, 0.2) is 16.6 Å². The lowest BCUT2D eigenvalue weighted by Crippen LogP contribution is -2.56. The lowest BCUT2D eigenvalue weighted by Gasteiger charge is -2.40. The number of alkyl halides is 3. The van der Waals surface area contributed by atoms with Gasteiger partial charge in [0.1, 0.15) is 11.4 Å². The number of amides is 2. The maximum atomic E-state index is 14.4. The summed E-state index contributed by atoms with van der Waals surface area (Å²) in [5.41, 5.74) is -2.86. The number of halogens is 5. The number of nitrogens with zero attached hydrogens (tertiary/aromatic N) is 2. The maximum absolute atomic E-state index is 14.4. The van der Waals surface area contributed by atoms with Crippen LogP contribution in [-0.2, 0) is 10.9 Å². The van der Waals surface area contributed by atoms with Crippen LogP contribution in [-0.4, -0.2) is 53.1 Å². The molecule has 1 aliphatic heterocycles. The zero-order valence-electron chi connectivity index (χ0n) is 15.9. The molecular weight excluding hydrogens is 448 g/mol. The molecule has 1 aromatic carbocycles. The average Bonchev–Trinajstić information content (AvgIpc) is 2.51. The minimum Gasteiger partial charge on any atom is -0.444 e. The molecule has 0 aliphatic carbocycles. The Morgan fingerprint density at radius 1 is 1.18 bits per heavy atom. The van der Waals surface area contributed by atoms with E-state index in [1.807, 2.05) is 0 Å². The van der Waals surface area contributed by atoms with E-state index in [0.29, 0.717) is 6.07 Å². The van der Waals surface area contributed by atoms with Crippen LogP contribution in [0, 0.1) is 5.82 Å². The topological polar surface area (TPSA) is 49.9 Å². The summed E-state index contributed by atoms with van der Waals surface area (Å²) < 4.78 is 58.6. The van der Waals surface area contributed by atoms with Crippen molar-refractivity contribution in [1.82, 2.24) is 9.80 Å². The van der Waals surface area contributed by atoms with Crippen LogP contribution in [0.2, 0.25) is 0 Å². The Labute approximate surface area is 168 Å². The third kappa shape index (κ3) is 4.95. The molecule has 0 aromatic heterocycles. The number of ether oxygens (including phenoxy) is 1. The van der Waals surface area contributed by atoms with Crippen molar-refractivity contribution in [2.24, 2.45) is 0 Å². The highest BCUT2D eigenvalue weighted by Gasteiger charge is 2.39. The number of hydrogen-bond acceptors (Lipinski definition) is 3. The highest BCUT2D eigenvalue weighted by atomic mass is 79.9. The highest BCUT2D eigenvalue weighted by Crippen LogP contribution is 2.35. The van der Waals surface area contributed by atoms with Crippen molar-refractivity contribution in [1.29, 1.82) is 0 Å². The molecule has 0 saturated carbocycles. The van der Waals surface area contributed by atoms with E-state index >= 15 is 0 Å². The molecule has 1 aliphatic rings. The Hall–Kier alpha value is -1.84. The average molecular weight is 469 g/mol. The molecule has 1 fully saturated rings. The SMILES string of the molecule is C[C@H]1CN(C(=O)c2c(Br)ccc(C(F)(F)F)c2F)CCN1C(=O)OC(C)(C)C. The molecule has 1 saturated heterocycles. The molecular formula is C18H21BrF4N2O3. The van der Waals surface area contributed by atoms with E-state index in [9.17, 15) is 27.2 Å². The van der Waals surface area contributed by atoms with E-state index in [4.69, 9.17) is 4.74 Å². The van der Waals surface area contributed by atoms with Gasteiger partial charge in [0.25, 0.3) is 5.91 Å². The van der Waals surface area contributed by atoms with Crippen LogP contribution >= 0.6 is 15.9 Å². The van der Waals surface area contributed by atoms with Crippen molar-refractivity contribution < 1.29 is 31.9 Å². The van der Waals surface area contributed by atoms with Crippen molar-refractivity contribution >= 4 is 27.9 Å². The molecule has 1 atom stereocenters. The summed E-state index contributed by atoms with van der Waals surface area (Å²) in [5.74, 6) is -2.49. The summed E-state index contributed by atoms with van der Waals surface area (Å²) in [5, 5.41) is 0. The first-order chi connectivity index (χ1) is 12.7. The minimum atomic E-state index is -4.91. The van der Waals surface area contributed by atoms with Gasteiger partial charge in [-0.3, -0.25) is 4.79 Å². The fourth-order valence-corrected chi connectivity index (χ4v) is 3.34. The zero-order valence-corrected chi connectivity index (χ0v) is 17.4. The predicted molar refractivity (Wildman–Crippen MR) is 97.4 cm³/mol. The van der Waals surface area contributed by atoms with E-state index in [-0.39, 0.29) is 24.1 Å². The van der Waals surface area contributed by atoms with Crippen molar-refractivity contribution in [2.45, 2.75) is 45.5 Å². The monoisotopic (exact) mass is 468 g/mol. The summed E-state index contributed by atoms with van der Waals surface area (Å²) in [6, 6.07) is 1.14. The smallest absolute Gasteiger partial charge is 0.419 e. The molecule has 1 heterocycles. The van der Waals surface area contributed by atoms with Crippen LogP contribution in [0.3, 0.4) is 0 Å². The molecule has 28 heavy (non-hydrogen) atoms. The van der Waals surface area contributed by atoms with Gasteiger partial charge >= 0.3 is 12.3 Å². The second kappa shape index (κ2) is 7.88. The maximum Gasteiger partial charge on any atom is 0.419 e. The lowest BCUT2D eigenvalue weighted by atomic mass is 10.1. The number of piperazine rings is 1. The molecule has 10 heteroatoms. The Balaban J connectivity index is 2.21. The summed E-state index contributed by atoms with van der Waals surface area (Å²) in [7, 11) is 0. The lowest BCUT2D eigenvalue weighted by molar-refractivity contribution is -0.140. The van der Waals surface area contributed by atoms with Gasteiger partial charge in [-0.25, -0.2) is 9.18 Å². The quantitative estimate of drug-likeness (QED) is 0.561. The van der Waals surface area contributed by atoms with Crippen molar-refractivity contribution in [2.75, 3.05) is 19.6 Å². The number of benzene rings is 1. The minimum absolute atomic E-state index is 0.0419. The van der Waals surface area contributed by atoms with Gasteiger partial charge < -0.3 is 14.5 Å². The Bertz CT molecular complexity index is 777. The first-order valence-corrected chi connectivity index (χ1v) is 9.35. The predicted octanol–water partition coefficient (Wildman–Crippen LogP) is 4.69. The fraction of sp³-hybridized carbons (Fsp3) is 0.556. The van der Waals surface area contributed by atoms with Gasteiger partial charge in [0.05, 0.1) is 11.1 Å². The van der Waals surface area contributed by atoms with Crippen molar-refractivity contribution in [3.05, 3.63) is 33.5 Å². The summed E-state index contributed by atoms with van der Waals surface area (Å²) in [6.07, 6.45) is -5.46. The van der Waals surface area contributed by atoms with E-state index in [1.165, 1.54) is 9.80 Å². The van der Waals surface area contributed by atoms with Crippen molar-refractivity contribution in [3.8, 4) is 0 Å². The first kappa shape index (κ1) is 22.4. The zero-order chi connectivity index (χ0) is 21.4. The summed E-state index contributed by atoms with van der Waals surface area (Å²) >= 11 is 2.96. The summed E-state index contributed by atoms with van der Waals surface area (Å²) in [4.78, 5) is 27.6. The van der Waals surface area contributed by atoms with Gasteiger partial charge in [0, 0.05) is 30.1 Å². The van der Waals surface area contributed by atoms with E-state index in [1.54, 1.807) is 27.7 Å². The van der Waals surface area contributed by atoms with E-state index < -0.39 is 46.8 Å². The van der Waals surface area contributed by atoms with Gasteiger partial charge in [-0.1, -0.05) is 0 Å².